The monoisotopic (exact) mass is 235 g/mol. The average molecular weight is 235 g/mol. The van der Waals surface area contributed by atoms with Gasteiger partial charge >= 0.3 is 0 Å². The summed E-state index contributed by atoms with van der Waals surface area (Å²) in [6.45, 7) is 1.51. The van der Waals surface area contributed by atoms with Gasteiger partial charge in [0.1, 0.15) is 5.60 Å². The van der Waals surface area contributed by atoms with E-state index in [4.69, 9.17) is 10.5 Å². The first-order chi connectivity index (χ1) is 7.39. The number of fused-ring (bicyclic) bond motifs is 1. The maximum Gasteiger partial charge on any atom is 0.204 e. The molecular weight excluding hydrogens is 226 g/mol. The maximum atomic E-state index is 13.3. The fraction of sp³-hybridized carbons (Fsp3) is 0.400. The van der Waals surface area contributed by atoms with Crippen molar-refractivity contribution in [2.24, 2.45) is 5.73 Å². The molecule has 0 bridgehead atoms. The van der Waals surface area contributed by atoms with Crippen LogP contribution in [0.1, 0.15) is 12.5 Å². The zero-order valence-corrected chi connectivity index (χ0v) is 8.41. The molecular formula is C10H9F4NO. The summed E-state index contributed by atoms with van der Waals surface area (Å²) in [5, 5.41) is 0. The van der Waals surface area contributed by atoms with E-state index in [-0.39, 0.29) is 18.5 Å². The Morgan fingerprint density at radius 3 is 2.25 bits per heavy atom. The largest absolute Gasteiger partial charge is 0.482 e. The lowest BCUT2D eigenvalue weighted by atomic mass is 9.99. The summed E-state index contributed by atoms with van der Waals surface area (Å²) in [6.07, 6.45) is -0.0845. The number of benzene rings is 1. The smallest absolute Gasteiger partial charge is 0.204 e. The standard InChI is InChI=1S/C10H9F4NO/c1-10(3-15)2-4-5(11)6(12)7(13)8(14)9(4)16-10/h2-3,15H2,1H3. The molecule has 0 amide bonds. The highest BCUT2D eigenvalue weighted by Gasteiger charge is 2.40. The van der Waals surface area contributed by atoms with Crippen LogP contribution in [0.2, 0.25) is 0 Å². The number of hydrogen-bond acceptors (Lipinski definition) is 2. The molecule has 0 saturated carbocycles. The van der Waals surface area contributed by atoms with E-state index >= 15 is 0 Å². The van der Waals surface area contributed by atoms with Crippen LogP contribution in [0.5, 0.6) is 5.75 Å². The van der Waals surface area contributed by atoms with Gasteiger partial charge in [-0.2, -0.15) is 4.39 Å². The van der Waals surface area contributed by atoms with Crippen molar-refractivity contribution in [1.82, 2.24) is 0 Å². The second-order valence-electron chi connectivity index (χ2n) is 4.00. The van der Waals surface area contributed by atoms with Crippen LogP contribution in [-0.4, -0.2) is 12.1 Å². The minimum absolute atomic E-state index is 0.0101. The van der Waals surface area contributed by atoms with Crippen LogP contribution in [-0.2, 0) is 6.42 Å². The molecule has 1 aromatic rings. The quantitative estimate of drug-likeness (QED) is 0.458. The predicted octanol–water partition coefficient (Wildman–Crippen LogP) is 1.90. The summed E-state index contributed by atoms with van der Waals surface area (Å²) in [5.74, 6) is -7.18. The van der Waals surface area contributed by atoms with Crippen molar-refractivity contribution < 1.29 is 22.3 Å². The Hall–Kier alpha value is -1.30. The zero-order valence-electron chi connectivity index (χ0n) is 8.41. The van der Waals surface area contributed by atoms with Gasteiger partial charge in [-0.15, -0.1) is 0 Å². The van der Waals surface area contributed by atoms with Gasteiger partial charge in [-0.3, -0.25) is 0 Å². The van der Waals surface area contributed by atoms with Crippen molar-refractivity contribution in [2.75, 3.05) is 6.54 Å². The van der Waals surface area contributed by atoms with Crippen LogP contribution in [0.4, 0.5) is 17.6 Å². The van der Waals surface area contributed by atoms with E-state index in [1.165, 1.54) is 6.92 Å². The molecule has 1 heterocycles. The number of halogens is 4. The number of hydrogen-bond donors (Lipinski definition) is 1. The first-order valence-electron chi connectivity index (χ1n) is 4.63. The third-order valence-electron chi connectivity index (χ3n) is 2.65. The summed E-state index contributed by atoms with van der Waals surface area (Å²) in [5.41, 5.74) is 4.04. The molecule has 1 atom stereocenters. The van der Waals surface area contributed by atoms with Crippen LogP contribution in [0.3, 0.4) is 0 Å². The van der Waals surface area contributed by atoms with E-state index in [9.17, 15) is 17.6 Å². The van der Waals surface area contributed by atoms with Crippen LogP contribution < -0.4 is 10.5 Å². The van der Waals surface area contributed by atoms with Crippen molar-refractivity contribution in [3.05, 3.63) is 28.8 Å². The molecule has 1 aromatic carbocycles. The molecule has 6 heteroatoms. The molecule has 0 radical (unpaired) electrons. The van der Waals surface area contributed by atoms with Gasteiger partial charge in [-0.25, -0.2) is 13.2 Å². The second kappa shape index (κ2) is 3.35. The molecule has 0 aromatic heterocycles. The second-order valence-corrected chi connectivity index (χ2v) is 4.00. The minimum atomic E-state index is -1.86. The third kappa shape index (κ3) is 1.36. The van der Waals surface area contributed by atoms with Crippen LogP contribution in [0, 0.1) is 23.3 Å². The van der Waals surface area contributed by atoms with Gasteiger partial charge in [0.15, 0.2) is 17.4 Å². The molecule has 1 unspecified atom stereocenters. The molecule has 2 nitrogen and oxygen atoms in total. The van der Waals surface area contributed by atoms with Gasteiger partial charge in [0, 0.05) is 18.5 Å². The minimum Gasteiger partial charge on any atom is -0.482 e. The summed E-state index contributed by atoms with van der Waals surface area (Å²) >= 11 is 0. The Bertz CT molecular complexity index is 424. The van der Waals surface area contributed by atoms with E-state index in [1.807, 2.05) is 0 Å². The Balaban J connectivity index is 2.62. The van der Waals surface area contributed by atoms with Gasteiger partial charge < -0.3 is 10.5 Å². The van der Waals surface area contributed by atoms with Gasteiger partial charge in [0.2, 0.25) is 11.6 Å². The number of ether oxygens (including phenoxy) is 1. The normalized spacial score (nSPS) is 23.1. The first kappa shape index (κ1) is 11.2. The number of nitrogens with two attached hydrogens (primary N) is 1. The SMILES string of the molecule is CC1(CN)Cc2c(F)c(F)c(F)c(F)c2O1. The van der Waals surface area contributed by atoms with Crippen molar-refractivity contribution in [3.63, 3.8) is 0 Å². The van der Waals surface area contributed by atoms with Crippen LogP contribution in [0.25, 0.3) is 0 Å². The highest BCUT2D eigenvalue weighted by molar-refractivity contribution is 5.42. The first-order valence-corrected chi connectivity index (χ1v) is 4.63. The summed E-state index contributed by atoms with van der Waals surface area (Å²) in [4.78, 5) is 0. The molecule has 2 N–H and O–H groups in total. The lowest BCUT2D eigenvalue weighted by molar-refractivity contribution is 0.120. The van der Waals surface area contributed by atoms with Crippen molar-refractivity contribution in [1.29, 1.82) is 0 Å². The van der Waals surface area contributed by atoms with Gasteiger partial charge in [0.05, 0.1) is 0 Å². The van der Waals surface area contributed by atoms with Crippen molar-refractivity contribution >= 4 is 0 Å². The lowest BCUT2D eigenvalue weighted by Crippen LogP contribution is -2.39. The van der Waals surface area contributed by atoms with Gasteiger partial charge in [0.25, 0.3) is 0 Å². The molecule has 2 rings (SSSR count). The lowest BCUT2D eigenvalue weighted by Gasteiger charge is -2.21. The Morgan fingerprint density at radius 2 is 1.69 bits per heavy atom. The van der Waals surface area contributed by atoms with Gasteiger partial charge in [-0.1, -0.05) is 0 Å². The van der Waals surface area contributed by atoms with E-state index in [0.717, 1.165) is 0 Å². The molecule has 1 aliphatic rings. The third-order valence-corrected chi connectivity index (χ3v) is 2.65. The van der Waals surface area contributed by atoms with E-state index in [1.54, 1.807) is 0 Å². The van der Waals surface area contributed by atoms with Crippen LogP contribution >= 0.6 is 0 Å². The van der Waals surface area contributed by atoms with E-state index in [2.05, 4.69) is 0 Å². The summed E-state index contributed by atoms with van der Waals surface area (Å²) in [7, 11) is 0. The Labute approximate surface area is 89.0 Å². The molecule has 0 spiro atoms. The highest BCUT2D eigenvalue weighted by atomic mass is 19.2. The van der Waals surface area contributed by atoms with E-state index in [0.29, 0.717) is 0 Å². The topological polar surface area (TPSA) is 35.2 Å². The fourth-order valence-electron chi connectivity index (χ4n) is 1.69. The average Bonchev–Trinajstić information content (AvgIpc) is 2.63. The molecule has 0 aliphatic carbocycles. The predicted molar refractivity (Wildman–Crippen MR) is 48.1 cm³/mol. The van der Waals surface area contributed by atoms with Crippen molar-refractivity contribution in [3.8, 4) is 5.75 Å². The molecule has 16 heavy (non-hydrogen) atoms. The highest BCUT2D eigenvalue weighted by Crippen LogP contribution is 2.40. The van der Waals surface area contributed by atoms with E-state index < -0.39 is 34.6 Å². The summed E-state index contributed by atoms with van der Waals surface area (Å²) in [6, 6.07) is 0. The number of rotatable bonds is 1. The Morgan fingerprint density at radius 1 is 1.12 bits per heavy atom. The fourth-order valence-corrected chi connectivity index (χ4v) is 1.69. The molecule has 0 saturated heterocycles. The van der Waals surface area contributed by atoms with Gasteiger partial charge in [-0.05, 0) is 6.92 Å². The molecule has 88 valence electrons. The zero-order chi connectivity index (χ0) is 12.1. The maximum absolute atomic E-state index is 13.3. The summed E-state index contributed by atoms with van der Waals surface area (Å²) < 4.78 is 57.5. The van der Waals surface area contributed by atoms with Crippen molar-refractivity contribution in [2.45, 2.75) is 18.9 Å². The molecule has 0 fully saturated rings. The Kier molecular flexibility index (Phi) is 2.34. The van der Waals surface area contributed by atoms with Crippen LogP contribution in [0.15, 0.2) is 0 Å². The molecule has 1 aliphatic heterocycles.